The molecule has 0 aliphatic rings. The van der Waals surface area contributed by atoms with E-state index in [9.17, 15) is 9.90 Å². The van der Waals surface area contributed by atoms with Gasteiger partial charge in [-0.1, -0.05) is 36.4 Å². The summed E-state index contributed by atoms with van der Waals surface area (Å²) in [5.41, 5.74) is 2.71. The van der Waals surface area contributed by atoms with E-state index < -0.39 is 0 Å². The summed E-state index contributed by atoms with van der Waals surface area (Å²) in [7, 11) is 0. The second kappa shape index (κ2) is 5.71. The Morgan fingerprint density at radius 2 is 1.81 bits per heavy atom. The quantitative estimate of drug-likeness (QED) is 0.688. The zero-order chi connectivity index (χ0) is 14.7. The number of aromatic nitrogens is 1. The molecule has 0 spiro atoms. The van der Waals surface area contributed by atoms with Crippen molar-refractivity contribution in [1.29, 1.82) is 0 Å². The SMILES string of the molecule is O=C(Cc1c[nH]c2ccccc12)NCc1ccccc1O. The van der Waals surface area contributed by atoms with Crippen LogP contribution < -0.4 is 5.32 Å². The van der Waals surface area contributed by atoms with E-state index in [1.165, 1.54) is 0 Å². The van der Waals surface area contributed by atoms with Crippen LogP contribution in [0.25, 0.3) is 10.9 Å². The number of phenolic OH excluding ortho intramolecular Hbond substituents is 1. The van der Waals surface area contributed by atoms with Crippen molar-refractivity contribution in [3.63, 3.8) is 0 Å². The normalized spacial score (nSPS) is 10.7. The van der Waals surface area contributed by atoms with E-state index in [-0.39, 0.29) is 11.7 Å². The summed E-state index contributed by atoms with van der Waals surface area (Å²) in [6.45, 7) is 0.327. The molecule has 0 aliphatic carbocycles. The van der Waals surface area contributed by atoms with Crippen molar-refractivity contribution in [3.8, 4) is 5.75 Å². The minimum atomic E-state index is -0.0667. The summed E-state index contributed by atoms with van der Waals surface area (Å²) < 4.78 is 0. The molecule has 3 N–H and O–H groups in total. The molecule has 1 aromatic heterocycles. The third-order valence-electron chi connectivity index (χ3n) is 3.49. The van der Waals surface area contributed by atoms with Gasteiger partial charge in [-0.25, -0.2) is 0 Å². The molecule has 4 heteroatoms. The zero-order valence-corrected chi connectivity index (χ0v) is 11.5. The summed E-state index contributed by atoms with van der Waals surface area (Å²) in [5, 5.41) is 13.6. The number of amides is 1. The van der Waals surface area contributed by atoms with Crippen molar-refractivity contribution < 1.29 is 9.90 Å². The number of fused-ring (bicyclic) bond motifs is 1. The summed E-state index contributed by atoms with van der Waals surface area (Å²) >= 11 is 0. The maximum atomic E-state index is 12.0. The smallest absolute Gasteiger partial charge is 0.224 e. The highest BCUT2D eigenvalue weighted by atomic mass is 16.3. The number of aromatic amines is 1. The van der Waals surface area contributed by atoms with E-state index in [2.05, 4.69) is 10.3 Å². The third-order valence-corrected chi connectivity index (χ3v) is 3.49. The maximum Gasteiger partial charge on any atom is 0.224 e. The van der Waals surface area contributed by atoms with Gasteiger partial charge < -0.3 is 15.4 Å². The van der Waals surface area contributed by atoms with Gasteiger partial charge in [-0.3, -0.25) is 4.79 Å². The van der Waals surface area contributed by atoms with Crippen molar-refractivity contribution >= 4 is 16.8 Å². The molecule has 3 aromatic rings. The third kappa shape index (κ3) is 2.89. The molecule has 0 fully saturated rings. The summed E-state index contributed by atoms with van der Waals surface area (Å²) in [5.74, 6) is 0.132. The molecule has 0 saturated carbocycles. The Morgan fingerprint density at radius 1 is 1.05 bits per heavy atom. The van der Waals surface area contributed by atoms with Crippen LogP contribution in [0.5, 0.6) is 5.75 Å². The van der Waals surface area contributed by atoms with Crippen molar-refractivity contribution in [2.45, 2.75) is 13.0 Å². The van der Waals surface area contributed by atoms with Crippen LogP contribution >= 0.6 is 0 Å². The van der Waals surface area contributed by atoms with E-state index >= 15 is 0 Å². The van der Waals surface area contributed by atoms with Crippen molar-refractivity contribution in [2.24, 2.45) is 0 Å². The average Bonchev–Trinajstić information content (AvgIpc) is 2.90. The van der Waals surface area contributed by atoms with Crippen molar-refractivity contribution in [1.82, 2.24) is 10.3 Å². The fraction of sp³-hybridized carbons (Fsp3) is 0.118. The molecule has 0 bridgehead atoms. The fourth-order valence-electron chi connectivity index (χ4n) is 2.37. The topological polar surface area (TPSA) is 65.1 Å². The zero-order valence-electron chi connectivity index (χ0n) is 11.5. The molecule has 1 heterocycles. The van der Waals surface area contributed by atoms with E-state index in [1.54, 1.807) is 18.2 Å². The van der Waals surface area contributed by atoms with Crippen LogP contribution in [-0.4, -0.2) is 16.0 Å². The van der Waals surface area contributed by atoms with E-state index in [0.717, 1.165) is 16.5 Å². The average molecular weight is 280 g/mol. The first kappa shape index (κ1) is 13.2. The fourth-order valence-corrected chi connectivity index (χ4v) is 2.37. The van der Waals surface area contributed by atoms with Gasteiger partial charge in [0.1, 0.15) is 5.75 Å². The number of nitrogens with one attached hydrogen (secondary N) is 2. The molecule has 1 amide bonds. The Balaban J connectivity index is 1.66. The van der Waals surface area contributed by atoms with Gasteiger partial charge in [0.05, 0.1) is 6.42 Å². The summed E-state index contributed by atoms with van der Waals surface area (Å²) in [6, 6.07) is 14.9. The Labute approximate surface area is 122 Å². The number of carbonyl (C=O) groups excluding carboxylic acids is 1. The van der Waals surface area contributed by atoms with Crippen LogP contribution in [0.4, 0.5) is 0 Å². The Hall–Kier alpha value is -2.75. The largest absolute Gasteiger partial charge is 0.508 e. The van der Waals surface area contributed by atoms with E-state index in [1.807, 2.05) is 36.5 Å². The van der Waals surface area contributed by atoms with Gasteiger partial charge in [-0.05, 0) is 17.7 Å². The van der Waals surface area contributed by atoms with Gasteiger partial charge >= 0.3 is 0 Å². The van der Waals surface area contributed by atoms with Gasteiger partial charge in [0.25, 0.3) is 0 Å². The summed E-state index contributed by atoms with van der Waals surface area (Å²) in [6.07, 6.45) is 2.18. The van der Waals surface area contributed by atoms with Crippen LogP contribution in [0.2, 0.25) is 0 Å². The van der Waals surface area contributed by atoms with Crippen molar-refractivity contribution in [2.75, 3.05) is 0 Å². The molecule has 3 rings (SSSR count). The standard InChI is InChI=1S/C17H16N2O2/c20-16-8-4-1-5-12(16)10-19-17(21)9-13-11-18-15-7-3-2-6-14(13)15/h1-8,11,18,20H,9-10H2,(H,19,21). The lowest BCUT2D eigenvalue weighted by Gasteiger charge is -2.06. The molecule has 106 valence electrons. The van der Waals surface area contributed by atoms with Crippen LogP contribution in [-0.2, 0) is 17.8 Å². The first-order chi connectivity index (χ1) is 10.2. The lowest BCUT2D eigenvalue weighted by atomic mass is 10.1. The number of hydrogen-bond donors (Lipinski definition) is 3. The van der Waals surface area contributed by atoms with Crippen LogP contribution in [0.1, 0.15) is 11.1 Å². The highest BCUT2D eigenvalue weighted by Crippen LogP contribution is 2.18. The Kier molecular flexibility index (Phi) is 3.60. The van der Waals surface area contributed by atoms with Gasteiger partial charge in [0.15, 0.2) is 0 Å². The maximum absolute atomic E-state index is 12.0. The predicted octanol–water partition coefficient (Wildman–Crippen LogP) is 2.73. The highest BCUT2D eigenvalue weighted by Gasteiger charge is 2.09. The molecule has 0 atom stereocenters. The molecule has 0 aliphatic heterocycles. The first-order valence-electron chi connectivity index (χ1n) is 6.82. The monoisotopic (exact) mass is 280 g/mol. The second-order valence-electron chi connectivity index (χ2n) is 4.94. The molecule has 21 heavy (non-hydrogen) atoms. The molecule has 0 radical (unpaired) electrons. The lowest BCUT2D eigenvalue weighted by molar-refractivity contribution is -0.120. The molecular formula is C17H16N2O2. The number of hydrogen-bond acceptors (Lipinski definition) is 2. The van der Waals surface area contributed by atoms with Crippen LogP contribution in [0, 0.1) is 0 Å². The van der Waals surface area contributed by atoms with Gasteiger partial charge in [0, 0.05) is 29.2 Å². The predicted molar refractivity (Wildman–Crippen MR) is 82.0 cm³/mol. The first-order valence-corrected chi connectivity index (χ1v) is 6.82. The Bertz CT molecular complexity index is 777. The number of aromatic hydroxyl groups is 1. The van der Waals surface area contributed by atoms with Crippen LogP contribution in [0.15, 0.2) is 54.7 Å². The lowest BCUT2D eigenvalue weighted by Crippen LogP contribution is -2.24. The second-order valence-corrected chi connectivity index (χ2v) is 4.94. The van der Waals surface area contributed by atoms with Crippen LogP contribution in [0.3, 0.4) is 0 Å². The highest BCUT2D eigenvalue weighted by molar-refractivity contribution is 5.88. The number of carbonyl (C=O) groups is 1. The molecule has 4 nitrogen and oxygen atoms in total. The Morgan fingerprint density at radius 3 is 2.67 bits per heavy atom. The molecule has 0 saturated heterocycles. The van der Waals surface area contributed by atoms with Gasteiger partial charge in [0.2, 0.25) is 5.91 Å². The van der Waals surface area contributed by atoms with Crippen molar-refractivity contribution in [3.05, 3.63) is 65.9 Å². The number of benzene rings is 2. The van der Waals surface area contributed by atoms with E-state index in [0.29, 0.717) is 18.5 Å². The van der Waals surface area contributed by atoms with Gasteiger partial charge in [-0.2, -0.15) is 0 Å². The molecule has 2 aromatic carbocycles. The number of phenols is 1. The molecular weight excluding hydrogens is 264 g/mol. The number of rotatable bonds is 4. The van der Waals surface area contributed by atoms with E-state index in [4.69, 9.17) is 0 Å². The minimum absolute atomic E-state index is 0.0667. The molecule has 0 unspecified atom stereocenters. The summed E-state index contributed by atoms with van der Waals surface area (Å²) in [4.78, 5) is 15.2. The minimum Gasteiger partial charge on any atom is -0.508 e. The van der Waals surface area contributed by atoms with Gasteiger partial charge in [-0.15, -0.1) is 0 Å². The number of H-pyrrole nitrogens is 1. The number of para-hydroxylation sites is 2.